The number of aromatic nitrogens is 1. The molecule has 0 saturated heterocycles. The molecule has 3 rings (SSSR count). The molecule has 1 heterocycles. The van der Waals surface area contributed by atoms with Gasteiger partial charge in [-0.2, -0.15) is 0 Å². The van der Waals surface area contributed by atoms with E-state index in [-0.39, 0.29) is 0 Å². The second kappa shape index (κ2) is 4.17. The zero-order valence-electron chi connectivity index (χ0n) is 9.93. The molecule has 84 valence electrons. The molecule has 1 aliphatic rings. The molecular weight excluding hydrogens is 206 g/mol. The number of pyridine rings is 1. The Labute approximate surface area is 102 Å². The van der Waals surface area contributed by atoms with Gasteiger partial charge in [0.25, 0.3) is 0 Å². The highest BCUT2D eigenvalue weighted by atomic mass is 14.6. The molecule has 0 N–H and O–H groups in total. The van der Waals surface area contributed by atoms with Crippen LogP contribution in [-0.2, 0) is 0 Å². The van der Waals surface area contributed by atoms with E-state index in [1.807, 2.05) is 18.5 Å². The molecule has 1 nitrogen and oxygen atoms in total. The number of rotatable bonds is 1. The lowest BCUT2D eigenvalue weighted by atomic mass is 9.82. The van der Waals surface area contributed by atoms with E-state index in [0.29, 0.717) is 5.92 Å². The van der Waals surface area contributed by atoms with Gasteiger partial charge in [0.05, 0.1) is 0 Å². The molecular formula is C16H15N. The van der Waals surface area contributed by atoms with Crippen LogP contribution < -0.4 is 0 Å². The van der Waals surface area contributed by atoms with Gasteiger partial charge < -0.3 is 0 Å². The van der Waals surface area contributed by atoms with Gasteiger partial charge in [0.15, 0.2) is 0 Å². The summed E-state index contributed by atoms with van der Waals surface area (Å²) in [5.74, 6) is 0.589. The van der Waals surface area contributed by atoms with Gasteiger partial charge >= 0.3 is 0 Å². The summed E-state index contributed by atoms with van der Waals surface area (Å²) >= 11 is 0. The molecule has 0 aliphatic heterocycles. The molecule has 1 aromatic heterocycles. The lowest BCUT2D eigenvalue weighted by Crippen LogP contribution is -2.03. The standard InChI is InChI=1S/C16H15N/c1-12-9-15(14-6-4-8-17-11-14)10-13-5-2-3-7-16(12)13/h2-8,10-12H,9H2,1H3/t12-/m1/s1. The molecule has 1 atom stereocenters. The summed E-state index contributed by atoms with van der Waals surface area (Å²) in [6, 6.07) is 12.8. The van der Waals surface area contributed by atoms with Crippen LogP contribution in [0.25, 0.3) is 11.6 Å². The zero-order valence-corrected chi connectivity index (χ0v) is 9.93. The Balaban J connectivity index is 2.08. The Bertz CT molecular complexity index is 555. The maximum atomic E-state index is 4.20. The zero-order chi connectivity index (χ0) is 11.7. The molecule has 1 heteroatoms. The van der Waals surface area contributed by atoms with Crippen LogP contribution >= 0.6 is 0 Å². The van der Waals surface area contributed by atoms with Crippen LogP contribution in [-0.4, -0.2) is 4.98 Å². The SMILES string of the molecule is C[C@@H]1CC(c2cccnc2)=Cc2ccccc21. The van der Waals surface area contributed by atoms with Crippen LogP contribution in [0.4, 0.5) is 0 Å². The highest BCUT2D eigenvalue weighted by Crippen LogP contribution is 2.37. The number of fused-ring (bicyclic) bond motifs is 1. The minimum absolute atomic E-state index is 0.589. The van der Waals surface area contributed by atoms with E-state index in [2.05, 4.69) is 48.3 Å². The maximum absolute atomic E-state index is 4.20. The smallest absolute Gasteiger partial charge is 0.0343 e. The average Bonchev–Trinajstić information content (AvgIpc) is 2.40. The summed E-state index contributed by atoms with van der Waals surface area (Å²) in [6.07, 6.45) is 7.17. The van der Waals surface area contributed by atoms with Gasteiger partial charge in [0.1, 0.15) is 0 Å². The molecule has 0 bridgehead atoms. The number of hydrogen-bond donors (Lipinski definition) is 0. The second-order valence-corrected chi connectivity index (χ2v) is 4.65. The van der Waals surface area contributed by atoms with Crippen LogP contribution in [0.5, 0.6) is 0 Å². The van der Waals surface area contributed by atoms with Crippen molar-refractivity contribution in [2.24, 2.45) is 0 Å². The predicted octanol–water partition coefficient (Wildman–Crippen LogP) is 4.13. The van der Waals surface area contributed by atoms with Crippen LogP contribution in [0.15, 0.2) is 48.8 Å². The summed E-state index contributed by atoms with van der Waals surface area (Å²) in [7, 11) is 0. The molecule has 2 aromatic rings. The molecule has 17 heavy (non-hydrogen) atoms. The first kappa shape index (κ1) is 10.3. The van der Waals surface area contributed by atoms with E-state index in [0.717, 1.165) is 6.42 Å². The normalized spacial score (nSPS) is 18.4. The van der Waals surface area contributed by atoms with Crippen molar-refractivity contribution in [1.82, 2.24) is 4.98 Å². The fraction of sp³-hybridized carbons (Fsp3) is 0.188. The molecule has 1 aliphatic carbocycles. The number of benzene rings is 1. The average molecular weight is 221 g/mol. The van der Waals surface area contributed by atoms with Crippen molar-refractivity contribution in [2.75, 3.05) is 0 Å². The Morgan fingerprint density at radius 3 is 2.82 bits per heavy atom. The highest BCUT2D eigenvalue weighted by Gasteiger charge is 2.17. The Morgan fingerprint density at radius 2 is 2.00 bits per heavy atom. The number of allylic oxidation sites excluding steroid dienone is 1. The van der Waals surface area contributed by atoms with Gasteiger partial charge in [-0.3, -0.25) is 4.98 Å². The summed E-state index contributed by atoms with van der Waals surface area (Å²) < 4.78 is 0. The molecule has 0 amide bonds. The van der Waals surface area contributed by atoms with E-state index in [4.69, 9.17) is 0 Å². The van der Waals surface area contributed by atoms with Gasteiger partial charge in [0, 0.05) is 12.4 Å². The predicted molar refractivity (Wildman–Crippen MR) is 71.6 cm³/mol. The van der Waals surface area contributed by atoms with Crippen molar-refractivity contribution < 1.29 is 0 Å². The minimum atomic E-state index is 0.589. The van der Waals surface area contributed by atoms with Gasteiger partial charge in [-0.25, -0.2) is 0 Å². The van der Waals surface area contributed by atoms with Crippen molar-refractivity contribution in [3.05, 3.63) is 65.5 Å². The molecule has 0 saturated carbocycles. The van der Waals surface area contributed by atoms with Gasteiger partial charge in [-0.05, 0) is 40.7 Å². The van der Waals surface area contributed by atoms with Crippen molar-refractivity contribution >= 4 is 11.6 Å². The lowest BCUT2D eigenvalue weighted by Gasteiger charge is -2.22. The number of hydrogen-bond acceptors (Lipinski definition) is 1. The molecule has 1 aromatic carbocycles. The largest absolute Gasteiger partial charge is 0.264 e. The molecule has 0 radical (unpaired) electrons. The van der Waals surface area contributed by atoms with E-state index < -0.39 is 0 Å². The topological polar surface area (TPSA) is 12.9 Å². The fourth-order valence-electron chi connectivity index (χ4n) is 2.53. The molecule has 0 unspecified atom stereocenters. The van der Waals surface area contributed by atoms with Gasteiger partial charge in [-0.1, -0.05) is 43.3 Å². The van der Waals surface area contributed by atoms with E-state index >= 15 is 0 Å². The maximum Gasteiger partial charge on any atom is 0.0343 e. The summed E-state index contributed by atoms with van der Waals surface area (Å²) in [6.45, 7) is 2.29. The quantitative estimate of drug-likeness (QED) is 0.705. The van der Waals surface area contributed by atoms with Crippen LogP contribution in [0.1, 0.15) is 36.0 Å². The highest BCUT2D eigenvalue weighted by molar-refractivity contribution is 5.84. The van der Waals surface area contributed by atoms with Crippen LogP contribution in [0.3, 0.4) is 0 Å². The van der Waals surface area contributed by atoms with Crippen molar-refractivity contribution in [3.63, 3.8) is 0 Å². The minimum Gasteiger partial charge on any atom is -0.264 e. The first-order valence-corrected chi connectivity index (χ1v) is 6.04. The van der Waals surface area contributed by atoms with Crippen LogP contribution in [0.2, 0.25) is 0 Å². The van der Waals surface area contributed by atoms with Crippen molar-refractivity contribution in [2.45, 2.75) is 19.3 Å². The van der Waals surface area contributed by atoms with Gasteiger partial charge in [0.2, 0.25) is 0 Å². The third kappa shape index (κ3) is 1.89. The van der Waals surface area contributed by atoms with E-state index in [1.165, 1.54) is 22.3 Å². The first-order chi connectivity index (χ1) is 8.34. The van der Waals surface area contributed by atoms with Gasteiger partial charge in [-0.15, -0.1) is 0 Å². The third-order valence-electron chi connectivity index (χ3n) is 3.42. The van der Waals surface area contributed by atoms with E-state index in [1.54, 1.807) is 0 Å². The Hall–Kier alpha value is -1.89. The lowest BCUT2D eigenvalue weighted by molar-refractivity contribution is 0.783. The van der Waals surface area contributed by atoms with E-state index in [9.17, 15) is 0 Å². The first-order valence-electron chi connectivity index (χ1n) is 6.04. The van der Waals surface area contributed by atoms with Crippen molar-refractivity contribution in [1.29, 1.82) is 0 Å². The Kier molecular flexibility index (Phi) is 2.52. The monoisotopic (exact) mass is 221 g/mol. The Morgan fingerprint density at radius 1 is 1.12 bits per heavy atom. The fourth-order valence-corrected chi connectivity index (χ4v) is 2.53. The summed E-state index contributed by atoms with van der Waals surface area (Å²) in [5, 5.41) is 0. The van der Waals surface area contributed by atoms with Crippen LogP contribution in [0, 0.1) is 0 Å². The molecule has 0 fully saturated rings. The summed E-state index contributed by atoms with van der Waals surface area (Å²) in [4.78, 5) is 4.20. The third-order valence-corrected chi connectivity index (χ3v) is 3.42. The second-order valence-electron chi connectivity index (χ2n) is 4.65. The number of nitrogens with zero attached hydrogens (tertiary/aromatic N) is 1. The molecule has 0 spiro atoms. The van der Waals surface area contributed by atoms with Crippen molar-refractivity contribution in [3.8, 4) is 0 Å². The summed E-state index contributed by atoms with van der Waals surface area (Å²) in [5.41, 5.74) is 5.45.